The van der Waals surface area contributed by atoms with Crippen LogP contribution in [-0.2, 0) is 6.54 Å². The molecule has 0 amide bonds. The highest BCUT2D eigenvalue weighted by Crippen LogP contribution is 2.35. The molecule has 0 spiro atoms. The van der Waals surface area contributed by atoms with Crippen LogP contribution in [0.15, 0.2) is 38.0 Å². The number of H-pyrrole nitrogens is 1. The van der Waals surface area contributed by atoms with E-state index in [1.54, 1.807) is 0 Å². The number of benzene rings is 2. The monoisotopic (exact) mass is 510 g/mol. The van der Waals surface area contributed by atoms with Crippen molar-refractivity contribution in [3.8, 4) is 0 Å². The zero-order chi connectivity index (χ0) is 19.2. The summed E-state index contributed by atoms with van der Waals surface area (Å²) in [4.78, 5) is 27.3. The molecule has 26 heavy (non-hydrogen) atoms. The fourth-order valence-corrected chi connectivity index (χ4v) is 4.32. The largest absolute Gasteiger partial charge is 0.326 e. The lowest BCUT2D eigenvalue weighted by molar-refractivity contribution is 0.103. The molecule has 0 saturated carbocycles. The maximum absolute atomic E-state index is 13.5. The van der Waals surface area contributed by atoms with E-state index in [0.29, 0.717) is 0 Å². The normalized spacial score (nSPS) is 11.5. The molecule has 0 unspecified atom stereocenters. The number of aromatic amines is 1. The third-order valence-electron chi connectivity index (χ3n) is 3.69. The van der Waals surface area contributed by atoms with Crippen molar-refractivity contribution in [3.05, 3.63) is 65.7 Å². The average Bonchev–Trinajstić information content (AvgIpc) is 2.86. The van der Waals surface area contributed by atoms with Crippen LogP contribution in [0.1, 0.15) is 15.9 Å². The van der Waals surface area contributed by atoms with Crippen LogP contribution in [0.3, 0.4) is 0 Å². The number of carbonyl (C=O) groups excluding carboxylic acids is 1. The molecule has 3 rings (SSSR count). The predicted octanol–water partition coefficient (Wildman–Crippen LogP) is 5.14. The Hall–Kier alpha value is -1.58. The quantitative estimate of drug-likeness (QED) is 0.492. The van der Waals surface area contributed by atoms with Gasteiger partial charge in [0.15, 0.2) is 5.78 Å². The Balaban J connectivity index is 2.23. The van der Waals surface area contributed by atoms with Crippen molar-refractivity contribution in [2.24, 2.45) is 0 Å². The van der Waals surface area contributed by atoms with Gasteiger partial charge in [0.25, 0.3) is 6.43 Å². The van der Waals surface area contributed by atoms with Crippen LogP contribution in [0.5, 0.6) is 0 Å². The van der Waals surface area contributed by atoms with Crippen LogP contribution in [0.25, 0.3) is 11.0 Å². The number of alkyl halides is 2. The lowest BCUT2D eigenvalue weighted by Gasteiger charge is -2.10. The molecule has 0 aliphatic rings. The summed E-state index contributed by atoms with van der Waals surface area (Å²) in [5.41, 5.74) is -0.357. The van der Waals surface area contributed by atoms with Crippen molar-refractivity contribution < 1.29 is 18.0 Å². The first-order chi connectivity index (χ1) is 12.2. The first kappa shape index (κ1) is 19.2. The second-order valence-corrected chi connectivity index (χ2v) is 7.38. The Morgan fingerprint density at radius 3 is 2.62 bits per heavy atom. The Morgan fingerprint density at radius 1 is 1.27 bits per heavy atom. The fraction of sp³-hybridized carbons (Fsp3) is 0.125. The summed E-state index contributed by atoms with van der Waals surface area (Å²) in [6.07, 6.45) is -2.73. The first-order valence-corrected chi connectivity index (χ1v) is 9.05. The number of carbonyl (C=O) groups is 1. The number of nitrogens with one attached hydrogen (secondary N) is 1. The van der Waals surface area contributed by atoms with Crippen LogP contribution in [0.2, 0.25) is 5.02 Å². The third-order valence-corrected chi connectivity index (χ3v) is 5.43. The van der Waals surface area contributed by atoms with Gasteiger partial charge in [-0.05, 0) is 56.1 Å². The van der Waals surface area contributed by atoms with Crippen molar-refractivity contribution in [1.29, 1.82) is 0 Å². The fourth-order valence-electron chi connectivity index (χ4n) is 2.56. The summed E-state index contributed by atoms with van der Waals surface area (Å²) < 4.78 is 40.2. The van der Waals surface area contributed by atoms with Gasteiger partial charge in [0.1, 0.15) is 5.82 Å². The second-order valence-electron chi connectivity index (χ2n) is 5.33. The highest BCUT2D eigenvalue weighted by Gasteiger charge is 2.24. The van der Waals surface area contributed by atoms with Crippen LogP contribution in [-0.4, -0.2) is 21.8 Å². The summed E-state index contributed by atoms with van der Waals surface area (Å²) in [7, 11) is 0. The lowest BCUT2D eigenvalue weighted by atomic mass is 10.0. The van der Waals surface area contributed by atoms with E-state index in [-0.39, 0.29) is 36.1 Å². The minimum atomic E-state index is -2.73. The smallest absolute Gasteiger partial charge is 0.305 e. The van der Waals surface area contributed by atoms with Crippen molar-refractivity contribution in [1.82, 2.24) is 9.55 Å². The Labute approximate surface area is 166 Å². The number of imidazole rings is 1. The van der Waals surface area contributed by atoms with Crippen molar-refractivity contribution in [3.63, 3.8) is 0 Å². The van der Waals surface area contributed by atoms with Gasteiger partial charge in [-0.2, -0.15) is 0 Å². The summed E-state index contributed by atoms with van der Waals surface area (Å²) in [5, 5.41) is 0.0547. The molecule has 3 aromatic rings. The number of rotatable bonds is 4. The second kappa shape index (κ2) is 7.21. The van der Waals surface area contributed by atoms with E-state index >= 15 is 0 Å². The van der Waals surface area contributed by atoms with Gasteiger partial charge in [-0.3, -0.25) is 9.36 Å². The number of hydrogen-bond acceptors (Lipinski definition) is 2. The molecule has 0 aliphatic carbocycles. The van der Waals surface area contributed by atoms with Crippen LogP contribution < -0.4 is 5.69 Å². The molecule has 0 radical (unpaired) electrons. The van der Waals surface area contributed by atoms with Gasteiger partial charge < -0.3 is 4.98 Å². The molecule has 0 saturated heterocycles. The number of halogens is 6. The molecule has 0 bridgehead atoms. The van der Waals surface area contributed by atoms with Crippen molar-refractivity contribution >= 4 is 60.3 Å². The number of nitrogens with zero attached hydrogens (tertiary/aromatic N) is 1. The van der Waals surface area contributed by atoms with Gasteiger partial charge >= 0.3 is 5.69 Å². The van der Waals surface area contributed by atoms with E-state index in [2.05, 4.69) is 36.8 Å². The van der Waals surface area contributed by atoms with Gasteiger partial charge in [-0.1, -0.05) is 11.6 Å². The Bertz CT molecular complexity index is 1100. The van der Waals surface area contributed by atoms with Crippen molar-refractivity contribution in [2.45, 2.75) is 13.0 Å². The standard InChI is InChI=1S/C16H8Br2ClF3N2O2/c17-8-4-10-14(23-16(26)24(10)5-11(21)22)13(18)12(8)15(25)7-3-6(20)1-2-9(7)19/h1-4,11H,5H2,(H,23,26). The topological polar surface area (TPSA) is 54.9 Å². The van der Waals surface area contributed by atoms with E-state index < -0.39 is 30.3 Å². The zero-order valence-corrected chi connectivity index (χ0v) is 16.6. The third kappa shape index (κ3) is 3.35. The molecular weight excluding hydrogens is 504 g/mol. The zero-order valence-electron chi connectivity index (χ0n) is 12.6. The Kier molecular flexibility index (Phi) is 5.32. The number of ketones is 1. The molecule has 2 aromatic carbocycles. The molecule has 0 atom stereocenters. The number of hydrogen-bond donors (Lipinski definition) is 1. The maximum atomic E-state index is 13.5. The predicted molar refractivity (Wildman–Crippen MR) is 98.8 cm³/mol. The minimum absolute atomic E-state index is 0.0547. The highest BCUT2D eigenvalue weighted by molar-refractivity contribution is 9.11. The molecule has 1 aromatic heterocycles. The van der Waals surface area contributed by atoms with Crippen molar-refractivity contribution in [2.75, 3.05) is 0 Å². The van der Waals surface area contributed by atoms with Crippen LogP contribution >= 0.6 is 43.5 Å². The average molecular weight is 513 g/mol. The first-order valence-electron chi connectivity index (χ1n) is 7.09. The van der Waals surface area contributed by atoms with Gasteiger partial charge in [0.2, 0.25) is 0 Å². The minimum Gasteiger partial charge on any atom is -0.305 e. The molecule has 136 valence electrons. The molecule has 1 heterocycles. The molecule has 0 fully saturated rings. The summed E-state index contributed by atoms with van der Waals surface area (Å²) in [6.45, 7) is -0.791. The molecule has 10 heteroatoms. The maximum Gasteiger partial charge on any atom is 0.326 e. The summed E-state index contributed by atoms with van der Waals surface area (Å²) in [5.74, 6) is -1.24. The van der Waals surface area contributed by atoms with Gasteiger partial charge in [-0.15, -0.1) is 0 Å². The van der Waals surface area contributed by atoms with E-state index in [1.165, 1.54) is 12.1 Å². The van der Waals surface area contributed by atoms with E-state index in [0.717, 1.165) is 16.7 Å². The molecule has 0 aliphatic heterocycles. The van der Waals surface area contributed by atoms with Gasteiger partial charge in [0.05, 0.1) is 32.6 Å². The van der Waals surface area contributed by atoms with Crippen LogP contribution in [0, 0.1) is 5.82 Å². The lowest BCUT2D eigenvalue weighted by Crippen LogP contribution is -2.20. The number of fused-ring (bicyclic) bond motifs is 1. The van der Waals surface area contributed by atoms with E-state index in [9.17, 15) is 22.8 Å². The number of aromatic nitrogens is 2. The molecule has 1 N–H and O–H groups in total. The SMILES string of the molecule is O=C(c1cc(F)ccc1Cl)c1c(Br)cc2c([nH]c(=O)n2CC(F)F)c1Br. The molecular formula is C16H8Br2ClF3N2O2. The summed E-state index contributed by atoms with van der Waals surface area (Å²) >= 11 is 12.4. The Morgan fingerprint density at radius 2 is 1.96 bits per heavy atom. The van der Waals surface area contributed by atoms with Crippen LogP contribution in [0.4, 0.5) is 13.2 Å². The van der Waals surface area contributed by atoms with E-state index in [1.807, 2.05) is 0 Å². The molecule has 4 nitrogen and oxygen atoms in total. The summed E-state index contributed by atoms with van der Waals surface area (Å²) in [6, 6.07) is 4.75. The highest BCUT2D eigenvalue weighted by atomic mass is 79.9. The van der Waals surface area contributed by atoms with E-state index in [4.69, 9.17) is 11.6 Å². The van der Waals surface area contributed by atoms with Gasteiger partial charge in [0, 0.05) is 10.0 Å². The van der Waals surface area contributed by atoms with Gasteiger partial charge in [-0.25, -0.2) is 18.0 Å².